The highest BCUT2D eigenvalue weighted by Crippen LogP contribution is 2.19. The zero-order valence-corrected chi connectivity index (χ0v) is 13.9. The Labute approximate surface area is 144 Å². The second kappa shape index (κ2) is 8.26. The third-order valence-electron chi connectivity index (χ3n) is 2.93. The number of rotatable bonds is 6. The molecule has 24 heavy (non-hydrogen) atoms. The van der Waals surface area contributed by atoms with Crippen molar-refractivity contribution in [3.8, 4) is 5.75 Å². The van der Waals surface area contributed by atoms with Gasteiger partial charge in [-0.1, -0.05) is 11.6 Å². The van der Waals surface area contributed by atoms with E-state index >= 15 is 0 Å². The first-order valence-corrected chi connectivity index (χ1v) is 7.61. The van der Waals surface area contributed by atoms with E-state index in [0.29, 0.717) is 18.0 Å². The summed E-state index contributed by atoms with van der Waals surface area (Å²) in [5, 5.41) is 2.69. The molecule has 2 aromatic rings. The summed E-state index contributed by atoms with van der Waals surface area (Å²) in [5.74, 6) is -0.987. The molecule has 1 amide bonds. The maximum Gasteiger partial charge on any atom is 0.361 e. The molecule has 0 saturated heterocycles. The molecule has 1 unspecified atom stereocenters. The minimum Gasteiger partial charge on any atom is -0.491 e. The number of carbonyl (C=O) groups excluding carboxylic acids is 2. The van der Waals surface area contributed by atoms with Gasteiger partial charge in [0.25, 0.3) is 5.91 Å². The van der Waals surface area contributed by atoms with Crippen molar-refractivity contribution in [2.24, 2.45) is 0 Å². The van der Waals surface area contributed by atoms with Gasteiger partial charge in [0.05, 0.1) is 12.3 Å². The van der Waals surface area contributed by atoms with Crippen LogP contribution in [0.3, 0.4) is 0 Å². The van der Waals surface area contributed by atoms with E-state index in [-0.39, 0.29) is 10.8 Å². The zero-order valence-electron chi connectivity index (χ0n) is 13.2. The number of aromatic nitrogens is 2. The van der Waals surface area contributed by atoms with E-state index in [2.05, 4.69) is 15.3 Å². The molecule has 0 saturated carbocycles. The number of halogens is 1. The molecule has 0 aliphatic rings. The summed E-state index contributed by atoms with van der Waals surface area (Å²) in [6, 6.07) is 6.46. The Kier molecular flexibility index (Phi) is 6.08. The van der Waals surface area contributed by atoms with E-state index in [1.54, 1.807) is 31.2 Å². The molecule has 7 nitrogen and oxygen atoms in total. The van der Waals surface area contributed by atoms with Gasteiger partial charge >= 0.3 is 5.97 Å². The Morgan fingerprint density at radius 3 is 2.67 bits per heavy atom. The Morgan fingerprint density at radius 2 is 1.96 bits per heavy atom. The number of hydrogen-bond acceptors (Lipinski definition) is 6. The van der Waals surface area contributed by atoms with E-state index in [9.17, 15) is 9.59 Å². The van der Waals surface area contributed by atoms with Crippen LogP contribution in [0.4, 0.5) is 5.69 Å². The Morgan fingerprint density at radius 1 is 1.25 bits per heavy atom. The molecule has 0 fully saturated rings. The minimum atomic E-state index is -1.05. The standard InChI is InChI=1S/C16H16ClN3O4/c1-3-23-12-7-5-8-18-13(12)16(22)24-10(2)15(21)20-11-6-4-9-19-14(11)17/h4-10H,3H2,1-2H3,(H,20,21). The van der Waals surface area contributed by atoms with Crippen LogP contribution in [0.1, 0.15) is 24.3 Å². The van der Waals surface area contributed by atoms with Gasteiger partial charge in [-0.3, -0.25) is 4.79 Å². The lowest BCUT2D eigenvalue weighted by Crippen LogP contribution is -2.30. The third kappa shape index (κ3) is 4.42. The highest BCUT2D eigenvalue weighted by Gasteiger charge is 2.23. The van der Waals surface area contributed by atoms with Crippen LogP contribution >= 0.6 is 11.6 Å². The van der Waals surface area contributed by atoms with Crippen molar-refractivity contribution in [1.29, 1.82) is 0 Å². The minimum absolute atomic E-state index is 0.0124. The average Bonchev–Trinajstić information content (AvgIpc) is 2.57. The van der Waals surface area contributed by atoms with E-state index in [1.807, 2.05) is 0 Å². The summed E-state index contributed by atoms with van der Waals surface area (Å²) in [4.78, 5) is 32.1. The highest BCUT2D eigenvalue weighted by atomic mass is 35.5. The van der Waals surface area contributed by atoms with Crippen LogP contribution in [-0.2, 0) is 9.53 Å². The smallest absolute Gasteiger partial charge is 0.361 e. The van der Waals surface area contributed by atoms with Crippen LogP contribution in [0.5, 0.6) is 5.75 Å². The lowest BCUT2D eigenvalue weighted by atomic mass is 10.3. The molecule has 0 bridgehead atoms. The maximum atomic E-state index is 12.2. The number of hydrogen-bond donors (Lipinski definition) is 1. The first kappa shape index (κ1) is 17.7. The number of ether oxygens (including phenoxy) is 2. The summed E-state index contributed by atoms with van der Waals surface area (Å²) in [6.07, 6.45) is 1.89. The zero-order chi connectivity index (χ0) is 17.5. The molecular formula is C16H16ClN3O4. The topological polar surface area (TPSA) is 90.4 Å². The van der Waals surface area contributed by atoms with E-state index in [0.717, 1.165) is 0 Å². The van der Waals surface area contributed by atoms with Gasteiger partial charge in [-0.25, -0.2) is 14.8 Å². The number of carbonyl (C=O) groups is 2. The van der Waals surface area contributed by atoms with Crippen LogP contribution in [0.2, 0.25) is 5.15 Å². The predicted octanol–water partition coefficient (Wildman–Crippen LogP) is 2.71. The fourth-order valence-corrected chi connectivity index (χ4v) is 1.97. The van der Waals surface area contributed by atoms with Crippen molar-refractivity contribution in [2.45, 2.75) is 20.0 Å². The molecule has 1 atom stereocenters. The lowest BCUT2D eigenvalue weighted by molar-refractivity contribution is -0.123. The summed E-state index contributed by atoms with van der Waals surface area (Å²) >= 11 is 5.87. The number of nitrogens with zero attached hydrogens (tertiary/aromatic N) is 2. The normalized spacial score (nSPS) is 11.5. The van der Waals surface area contributed by atoms with Gasteiger partial charge in [-0.2, -0.15) is 0 Å². The Bertz CT molecular complexity index is 739. The number of esters is 1. The average molecular weight is 350 g/mol. The van der Waals surface area contributed by atoms with E-state index in [4.69, 9.17) is 21.1 Å². The lowest BCUT2D eigenvalue weighted by Gasteiger charge is -2.14. The van der Waals surface area contributed by atoms with Crippen molar-refractivity contribution < 1.29 is 19.1 Å². The van der Waals surface area contributed by atoms with E-state index < -0.39 is 18.0 Å². The van der Waals surface area contributed by atoms with Crippen molar-refractivity contribution in [1.82, 2.24) is 9.97 Å². The van der Waals surface area contributed by atoms with Gasteiger partial charge in [0.1, 0.15) is 0 Å². The first-order chi connectivity index (χ1) is 11.5. The first-order valence-electron chi connectivity index (χ1n) is 7.23. The third-order valence-corrected chi connectivity index (χ3v) is 3.24. The molecular weight excluding hydrogens is 334 g/mol. The van der Waals surface area contributed by atoms with Gasteiger partial charge in [0.2, 0.25) is 0 Å². The largest absolute Gasteiger partial charge is 0.491 e. The van der Waals surface area contributed by atoms with Gasteiger partial charge in [-0.15, -0.1) is 0 Å². The molecule has 8 heteroatoms. The SMILES string of the molecule is CCOc1cccnc1C(=O)OC(C)C(=O)Nc1cccnc1Cl. The predicted molar refractivity (Wildman–Crippen MR) is 88.2 cm³/mol. The number of anilines is 1. The van der Waals surface area contributed by atoms with Gasteiger partial charge < -0.3 is 14.8 Å². The quantitative estimate of drug-likeness (QED) is 0.637. The van der Waals surface area contributed by atoms with Gasteiger partial charge in [-0.05, 0) is 38.1 Å². The van der Waals surface area contributed by atoms with Gasteiger partial charge in [0.15, 0.2) is 22.7 Å². The molecule has 1 N–H and O–H groups in total. The van der Waals surface area contributed by atoms with Crippen LogP contribution in [0.15, 0.2) is 36.7 Å². The second-order valence-electron chi connectivity index (χ2n) is 4.66. The summed E-state index contributed by atoms with van der Waals surface area (Å²) < 4.78 is 10.5. The van der Waals surface area contributed by atoms with Crippen molar-refractivity contribution in [3.05, 3.63) is 47.5 Å². The van der Waals surface area contributed by atoms with Crippen molar-refractivity contribution >= 4 is 29.2 Å². The van der Waals surface area contributed by atoms with E-state index in [1.165, 1.54) is 19.3 Å². The molecule has 2 heterocycles. The number of nitrogens with one attached hydrogen (secondary N) is 1. The molecule has 0 aliphatic carbocycles. The summed E-state index contributed by atoms with van der Waals surface area (Å²) in [6.45, 7) is 3.61. The Hall–Kier alpha value is -2.67. The fraction of sp³-hybridized carbons (Fsp3) is 0.250. The molecule has 0 radical (unpaired) electrons. The summed E-state index contributed by atoms with van der Waals surface area (Å²) in [5.41, 5.74) is 0.346. The van der Waals surface area contributed by atoms with Crippen molar-refractivity contribution in [2.75, 3.05) is 11.9 Å². The fourth-order valence-electron chi connectivity index (χ4n) is 1.80. The number of pyridine rings is 2. The van der Waals surface area contributed by atoms with Crippen LogP contribution < -0.4 is 10.1 Å². The number of amides is 1. The van der Waals surface area contributed by atoms with Crippen LogP contribution in [0, 0.1) is 0 Å². The molecule has 0 spiro atoms. The second-order valence-corrected chi connectivity index (χ2v) is 5.02. The van der Waals surface area contributed by atoms with Crippen LogP contribution in [0.25, 0.3) is 0 Å². The molecule has 0 aliphatic heterocycles. The Balaban J connectivity index is 2.03. The molecule has 2 aromatic heterocycles. The monoisotopic (exact) mass is 349 g/mol. The molecule has 2 rings (SSSR count). The van der Waals surface area contributed by atoms with Gasteiger partial charge in [0, 0.05) is 12.4 Å². The van der Waals surface area contributed by atoms with Crippen LogP contribution in [-0.4, -0.2) is 34.6 Å². The highest BCUT2D eigenvalue weighted by molar-refractivity contribution is 6.32. The summed E-state index contributed by atoms with van der Waals surface area (Å²) in [7, 11) is 0. The molecule has 0 aromatic carbocycles. The molecule has 126 valence electrons. The van der Waals surface area contributed by atoms with Crippen molar-refractivity contribution in [3.63, 3.8) is 0 Å². The maximum absolute atomic E-state index is 12.2.